The first-order valence-corrected chi connectivity index (χ1v) is 8.60. The fourth-order valence-corrected chi connectivity index (χ4v) is 2.72. The average molecular weight is 366 g/mol. The lowest BCUT2D eigenvalue weighted by Crippen LogP contribution is -2.36. The van der Waals surface area contributed by atoms with Gasteiger partial charge in [-0.2, -0.15) is 0 Å². The summed E-state index contributed by atoms with van der Waals surface area (Å²) >= 11 is 0. The molecule has 0 aliphatic rings. The van der Waals surface area contributed by atoms with Gasteiger partial charge in [0.05, 0.1) is 12.3 Å². The van der Waals surface area contributed by atoms with Crippen molar-refractivity contribution < 1.29 is 9.21 Å². The van der Waals surface area contributed by atoms with Crippen molar-refractivity contribution in [2.24, 2.45) is 0 Å². The number of amides is 1. The van der Waals surface area contributed by atoms with Crippen LogP contribution in [0, 0.1) is 6.92 Å². The maximum Gasteiger partial charge on any atom is 0.264 e. The maximum absolute atomic E-state index is 12.4. The molecule has 1 atom stereocenters. The van der Waals surface area contributed by atoms with Gasteiger partial charge in [-0.3, -0.25) is 14.5 Å². The van der Waals surface area contributed by atoms with Crippen molar-refractivity contribution in [1.82, 2.24) is 20.2 Å². The standard InChI is InChI=1S/C20H22N4O3/c1-13-6-8-14(9-7-13)18-21-11-15(20(26)23-18)19(25)22-12-16(24(2)3)17-5-4-10-27-17/h4-11,16H,12H2,1-3H3,(H,22,25)(H,21,23,26)/t16-/m1/s1. The van der Waals surface area contributed by atoms with Crippen LogP contribution >= 0.6 is 0 Å². The van der Waals surface area contributed by atoms with Crippen molar-refractivity contribution in [3.05, 3.63) is 76.1 Å². The fourth-order valence-electron chi connectivity index (χ4n) is 2.72. The van der Waals surface area contributed by atoms with E-state index >= 15 is 0 Å². The molecule has 1 amide bonds. The van der Waals surface area contributed by atoms with Crippen molar-refractivity contribution in [2.75, 3.05) is 20.6 Å². The third kappa shape index (κ3) is 4.32. The third-order valence-electron chi connectivity index (χ3n) is 4.32. The van der Waals surface area contributed by atoms with Gasteiger partial charge < -0.3 is 14.7 Å². The third-order valence-corrected chi connectivity index (χ3v) is 4.32. The highest BCUT2D eigenvalue weighted by Gasteiger charge is 2.19. The second kappa shape index (κ2) is 8.01. The van der Waals surface area contributed by atoms with Gasteiger partial charge in [0.25, 0.3) is 11.5 Å². The predicted molar refractivity (Wildman–Crippen MR) is 102 cm³/mol. The molecule has 7 heteroatoms. The molecule has 0 bridgehead atoms. The molecule has 3 aromatic rings. The summed E-state index contributed by atoms with van der Waals surface area (Å²) in [5, 5.41) is 2.78. The molecule has 7 nitrogen and oxygen atoms in total. The van der Waals surface area contributed by atoms with E-state index in [-0.39, 0.29) is 11.6 Å². The second-order valence-corrected chi connectivity index (χ2v) is 6.55. The minimum Gasteiger partial charge on any atom is -0.468 e. The van der Waals surface area contributed by atoms with Crippen molar-refractivity contribution in [3.8, 4) is 11.4 Å². The van der Waals surface area contributed by atoms with Gasteiger partial charge in [-0.25, -0.2) is 4.98 Å². The highest BCUT2D eigenvalue weighted by molar-refractivity contribution is 5.93. The first-order valence-electron chi connectivity index (χ1n) is 8.60. The Balaban J connectivity index is 1.73. The Labute approximate surface area is 157 Å². The van der Waals surface area contributed by atoms with E-state index in [1.54, 1.807) is 12.3 Å². The van der Waals surface area contributed by atoms with Crippen LogP contribution in [0.3, 0.4) is 0 Å². The zero-order chi connectivity index (χ0) is 19.4. The van der Waals surface area contributed by atoms with Crippen molar-refractivity contribution in [2.45, 2.75) is 13.0 Å². The Kier molecular flexibility index (Phi) is 5.52. The number of aromatic amines is 1. The lowest BCUT2D eigenvalue weighted by Gasteiger charge is -2.22. The van der Waals surface area contributed by atoms with Crippen LogP contribution in [0.1, 0.15) is 27.7 Å². The molecule has 0 spiro atoms. The highest BCUT2D eigenvalue weighted by atomic mass is 16.3. The van der Waals surface area contributed by atoms with Gasteiger partial charge in [0.1, 0.15) is 17.1 Å². The SMILES string of the molecule is Cc1ccc(-c2ncc(C(=O)NC[C@H](c3ccco3)N(C)C)c(=O)[nH]2)cc1. The Hall–Kier alpha value is -3.19. The molecular formula is C20H22N4O3. The number of benzene rings is 1. The van der Waals surface area contributed by atoms with E-state index in [2.05, 4.69) is 15.3 Å². The predicted octanol–water partition coefficient (Wildman–Crippen LogP) is 2.37. The average Bonchev–Trinajstić information content (AvgIpc) is 3.16. The van der Waals surface area contributed by atoms with E-state index in [1.165, 1.54) is 6.20 Å². The van der Waals surface area contributed by atoms with Crippen LogP contribution in [0.2, 0.25) is 0 Å². The van der Waals surface area contributed by atoms with Crippen LogP contribution in [0.15, 0.2) is 58.1 Å². The Morgan fingerprint density at radius 3 is 2.59 bits per heavy atom. The summed E-state index contributed by atoms with van der Waals surface area (Å²) < 4.78 is 5.42. The molecule has 0 saturated carbocycles. The van der Waals surface area contributed by atoms with Crippen LogP contribution in [-0.4, -0.2) is 41.4 Å². The zero-order valence-electron chi connectivity index (χ0n) is 15.5. The number of nitrogens with one attached hydrogen (secondary N) is 2. The molecule has 2 aromatic heterocycles. The van der Waals surface area contributed by atoms with Gasteiger partial charge in [0.2, 0.25) is 0 Å². The number of nitrogens with zero attached hydrogens (tertiary/aromatic N) is 2. The Morgan fingerprint density at radius 1 is 1.26 bits per heavy atom. The number of carbonyl (C=O) groups is 1. The molecule has 0 fully saturated rings. The molecule has 0 aliphatic carbocycles. The minimum absolute atomic E-state index is 0.0252. The van der Waals surface area contributed by atoms with E-state index in [0.717, 1.165) is 16.9 Å². The molecule has 3 rings (SSSR count). The fraction of sp³-hybridized carbons (Fsp3) is 0.250. The molecule has 2 N–H and O–H groups in total. The van der Waals surface area contributed by atoms with Gasteiger partial charge in [-0.15, -0.1) is 0 Å². The quantitative estimate of drug-likeness (QED) is 0.699. The molecular weight excluding hydrogens is 344 g/mol. The molecule has 0 aliphatic heterocycles. The molecule has 2 heterocycles. The van der Waals surface area contributed by atoms with E-state index in [0.29, 0.717) is 12.4 Å². The van der Waals surface area contributed by atoms with Gasteiger partial charge in [0, 0.05) is 18.3 Å². The number of hydrogen-bond acceptors (Lipinski definition) is 5. The van der Waals surface area contributed by atoms with Crippen molar-refractivity contribution in [3.63, 3.8) is 0 Å². The minimum atomic E-state index is -0.475. The van der Waals surface area contributed by atoms with Crippen molar-refractivity contribution in [1.29, 1.82) is 0 Å². The Morgan fingerprint density at radius 2 is 2.00 bits per heavy atom. The summed E-state index contributed by atoms with van der Waals surface area (Å²) in [6.45, 7) is 2.29. The first-order chi connectivity index (χ1) is 13.0. The normalized spacial score (nSPS) is 12.1. The summed E-state index contributed by atoms with van der Waals surface area (Å²) in [6, 6.07) is 11.1. The number of hydrogen-bond donors (Lipinski definition) is 2. The summed E-state index contributed by atoms with van der Waals surface area (Å²) in [4.78, 5) is 33.6. The molecule has 1 aromatic carbocycles. The summed E-state index contributed by atoms with van der Waals surface area (Å²) in [5.74, 6) is 0.693. The number of aromatic nitrogens is 2. The lowest BCUT2D eigenvalue weighted by atomic mass is 10.1. The van der Waals surface area contributed by atoms with Gasteiger partial charge in [-0.1, -0.05) is 29.8 Å². The van der Waals surface area contributed by atoms with Crippen molar-refractivity contribution >= 4 is 5.91 Å². The molecule has 140 valence electrons. The largest absolute Gasteiger partial charge is 0.468 e. The van der Waals surface area contributed by atoms with Crippen LogP contribution in [0.5, 0.6) is 0 Å². The summed E-state index contributed by atoms with van der Waals surface area (Å²) in [6.07, 6.45) is 2.90. The van der Waals surface area contributed by atoms with Crippen LogP contribution in [0.4, 0.5) is 0 Å². The lowest BCUT2D eigenvalue weighted by molar-refractivity contribution is 0.0937. The number of likely N-dealkylation sites (N-methyl/N-ethyl adjacent to an activating group) is 1. The maximum atomic E-state index is 12.4. The number of rotatable bonds is 6. The van der Waals surface area contributed by atoms with E-state index < -0.39 is 11.5 Å². The molecule has 0 unspecified atom stereocenters. The summed E-state index contributed by atoms with van der Waals surface area (Å²) in [7, 11) is 3.79. The number of aryl methyl sites for hydroxylation is 1. The van der Waals surface area contributed by atoms with E-state index in [4.69, 9.17) is 4.42 Å². The smallest absolute Gasteiger partial charge is 0.264 e. The monoisotopic (exact) mass is 366 g/mol. The first kappa shape index (κ1) is 18.6. The van der Waals surface area contributed by atoms with Crippen LogP contribution in [0.25, 0.3) is 11.4 Å². The molecule has 0 radical (unpaired) electrons. The number of furan rings is 1. The second-order valence-electron chi connectivity index (χ2n) is 6.55. The van der Waals surface area contributed by atoms with Crippen LogP contribution in [-0.2, 0) is 0 Å². The number of carbonyl (C=O) groups excluding carboxylic acids is 1. The van der Waals surface area contributed by atoms with Crippen LogP contribution < -0.4 is 10.9 Å². The summed E-state index contributed by atoms with van der Waals surface area (Å²) in [5.41, 5.74) is 1.40. The van der Waals surface area contributed by atoms with E-state index in [9.17, 15) is 9.59 Å². The van der Waals surface area contributed by atoms with Gasteiger partial charge in [0.15, 0.2) is 0 Å². The zero-order valence-corrected chi connectivity index (χ0v) is 15.5. The topological polar surface area (TPSA) is 91.2 Å². The van der Waals surface area contributed by atoms with Gasteiger partial charge in [-0.05, 0) is 33.2 Å². The molecule has 0 saturated heterocycles. The molecule has 27 heavy (non-hydrogen) atoms. The Bertz CT molecular complexity index is 960. The highest BCUT2D eigenvalue weighted by Crippen LogP contribution is 2.18. The van der Waals surface area contributed by atoms with E-state index in [1.807, 2.05) is 56.3 Å². The van der Waals surface area contributed by atoms with Gasteiger partial charge >= 0.3 is 0 Å². The number of H-pyrrole nitrogens is 1.